The minimum atomic E-state index is -0.574. The van der Waals surface area contributed by atoms with Crippen molar-refractivity contribution in [2.24, 2.45) is 0 Å². The first-order chi connectivity index (χ1) is 7.97. The molecule has 2 rings (SSSR count). The Bertz CT molecular complexity index is 555. The second-order valence-electron chi connectivity index (χ2n) is 3.29. The molecule has 1 saturated heterocycles. The van der Waals surface area contributed by atoms with Gasteiger partial charge in [0.05, 0.1) is 4.47 Å². The average Bonchev–Trinajstić information content (AvgIpc) is 2.53. The minimum absolute atomic E-state index is 0.00495. The van der Waals surface area contributed by atoms with Crippen LogP contribution in [0.15, 0.2) is 26.8 Å². The van der Waals surface area contributed by atoms with Crippen molar-refractivity contribution in [2.75, 3.05) is 0 Å². The number of amides is 3. The van der Waals surface area contributed by atoms with Crippen molar-refractivity contribution in [2.45, 2.75) is 0 Å². The summed E-state index contributed by atoms with van der Waals surface area (Å²) in [4.78, 5) is 22.2. The Morgan fingerprint density at radius 2 is 1.88 bits per heavy atom. The lowest BCUT2D eigenvalue weighted by Gasteiger charge is -2.04. The first-order valence-electron chi connectivity index (χ1n) is 4.49. The van der Waals surface area contributed by atoms with Gasteiger partial charge in [-0.25, -0.2) is 4.79 Å². The molecule has 3 amide bonds. The predicted octanol–water partition coefficient (Wildman–Crippen LogP) is 2.10. The molecule has 1 aromatic carbocycles. The van der Waals surface area contributed by atoms with Gasteiger partial charge in [0.25, 0.3) is 5.91 Å². The third kappa shape index (κ3) is 2.50. The molecule has 0 spiro atoms. The van der Waals surface area contributed by atoms with Crippen molar-refractivity contribution >= 4 is 49.9 Å². The van der Waals surface area contributed by atoms with E-state index in [4.69, 9.17) is 0 Å². The molecule has 0 unspecified atom stereocenters. The van der Waals surface area contributed by atoms with Crippen molar-refractivity contribution < 1.29 is 14.7 Å². The SMILES string of the molecule is O=C1NC(=O)/C(=C/c2cc(Br)cc(Br)c2O)N1. The molecule has 0 radical (unpaired) electrons. The molecule has 0 aromatic heterocycles. The van der Waals surface area contributed by atoms with Crippen LogP contribution in [0, 0.1) is 0 Å². The highest BCUT2D eigenvalue weighted by Crippen LogP contribution is 2.32. The molecule has 1 heterocycles. The van der Waals surface area contributed by atoms with Crippen LogP contribution >= 0.6 is 31.9 Å². The summed E-state index contributed by atoms with van der Waals surface area (Å²) in [6, 6.07) is 2.73. The molecule has 1 aromatic rings. The molecule has 7 heteroatoms. The minimum Gasteiger partial charge on any atom is -0.506 e. The maximum absolute atomic E-state index is 11.3. The number of hydrogen-bond acceptors (Lipinski definition) is 3. The first kappa shape index (κ1) is 12.1. The topological polar surface area (TPSA) is 78.4 Å². The van der Waals surface area contributed by atoms with E-state index in [-0.39, 0.29) is 11.4 Å². The second-order valence-corrected chi connectivity index (χ2v) is 5.06. The van der Waals surface area contributed by atoms with E-state index in [2.05, 4.69) is 42.5 Å². The summed E-state index contributed by atoms with van der Waals surface area (Å²) in [6.07, 6.45) is 1.39. The van der Waals surface area contributed by atoms with Crippen LogP contribution in [0.4, 0.5) is 4.79 Å². The fraction of sp³-hybridized carbons (Fsp3) is 0. The summed E-state index contributed by atoms with van der Waals surface area (Å²) >= 11 is 6.44. The monoisotopic (exact) mass is 360 g/mol. The van der Waals surface area contributed by atoms with Gasteiger partial charge in [0, 0.05) is 10.0 Å². The summed E-state index contributed by atoms with van der Waals surface area (Å²) in [7, 11) is 0. The van der Waals surface area contributed by atoms with Gasteiger partial charge in [0.15, 0.2) is 0 Å². The number of aromatic hydroxyl groups is 1. The molecule has 0 bridgehead atoms. The fourth-order valence-electron chi connectivity index (χ4n) is 1.33. The number of hydrogen-bond donors (Lipinski definition) is 3. The Labute approximate surface area is 113 Å². The van der Waals surface area contributed by atoms with Gasteiger partial charge in [-0.05, 0) is 34.1 Å². The van der Waals surface area contributed by atoms with Crippen molar-refractivity contribution in [1.29, 1.82) is 0 Å². The number of benzene rings is 1. The van der Waals surface area contributed by atoms with Crippen LogP contribution in [0.2, 0.25) is 0 Å². The summed E-state index contributed by atoms with van der Waals surface area (Å²) in [5.41, 5.74) is 0.508. The van der Waals surface area contributed by atoms with Gasteiger partial charge in [0.1, 0.15) is 11.4 Å². The van der Waals surface area contributed by atoms with Gasteiger partial charge in [-0.1, -0.05) is 15.9 Å². The number of urea groups is 1. The Morgan fingerprint density at radius 3 is 2.47 bits per heavy atom. The van der Waals surface area contributed by atoms with Crippen LogP contribution in [-0.2, 0) is 4.79 Å². The number of carbonyl (C=O) groups is 2. The van der Waals surface area contributed by atoms with Gasteiger partial charge in [0.2, 0.25) is 0 Å². The van der Waals surface area contributed by atoms with E-state index >= 15 is 0 Å². The van der Waals surface area contributed by atoms with Crippen LogP contribution in [0.1, 0.15) is 5.56 Å². The van der Waals surface area contributed by atoms with Crippen molar-refractivity contribution in [3.05, 3.63) is 32.3 Å². The highest BCUT2D eigenvalue weighted by molar-refractivity contribution is 9.11. The van der Waals surface area contributed by atoms with Gasteiger partial charge >= 0.3 is 6.03 Å². The molecule has 0 saturated carbocycles. The lowest BCUT2D eigenvalue weighted by Crippen LogP contribution is -2.22. The molecule has 17 heavy (non-hydrogen) atoms. The van der Waals surface area contributed by atoms with E-state index < -0.39 is 11.9 Å². The standard InChI is InChI=1S/C10H6Br2N2O3/c11-5-1-4(8(15)6(12)3-5)2-7-9(16)14-10(17)13-7/h1-3,15H,(H2,13,14,16,17)/b7-2-. The third-order valence-corrected chi connectivity index (χ3v) is 3.14. The molecule has 0 aliphatic carbocycles. The molecule has 3 N–H and O–H groups in total. The number of rotatable bonds is 1. The smallest absolute Gasteiger partial charge is 0.326 e. The summed E-state index contributed by atoms with van der Waals surface area (Å²) in [5.74, 6) is -0.528. The molecule has 1 aliphatic rings. The van der Waals surface area contributed by atoms with Crippen LogP contribution < -0.4 is 10.6 Å². The van der Waals surface area contributed by atoms with E-state index in [1.165, 1.54) is 6.08 Å². The Morgan fingerprint density at radius 1 is 1.18 bits per heavy atom. The quantitative estimate of drug-likeness (QED) is 0.529. The molecule has 1 aliphatic heterocycles. The highest BCUT2D eigenvalue weighted by atomic mass is 79.9. The van der Waals surface area contributed by atoms with Gasteiger partial charge in [-0.15, -0.1) is 0 Å². The van der Waals surface area contributed by atoms with Crippen molar-refractivity contribution in [3.63, 3.8) is 0 Å². The zero-order valence-corrected chi connectivity index (χ0v) is 11.4. The van der Waals surface area contributed by atoms with Crippen molar-refractivity contribution in [3.8, 4) is 5.75 Å². The van der Waals surface area contributed by atoms with Crippen LogP contribution in [0.5, 0.6) is 5.75 Å². The van der Waals surface area contributed by atoms with Gasteiger partial charge in [-0.3, -0.25) is 10.1 Å². The molecular weight excluding hydrogens is 356 g/mol. The maximum atomic E-state index is 11.3. The predicted molar refractivity (Wildman–Crippen MR) is 68.2 cm³/mol. The van der Waals surface area contributed by atoms with Crippen LogP contribution in [0.25, 0.3) is 6.08 Å². The van der Waals surface area contributed by atoms with Crippen LogP contribution in [-0.4, -0.2) is 17.0 Å². The first-order valence-corrected chi connectivity index (χ1v) is 6.08. The van der Waals surface area contributed by atoms with Crippen LogP contribution in [0.3, 0.4) is 0 Å². The second kappa shape index (κ2) is 4.50. The number of nitrogens with one attached hydrogen (secondary N) is 2. The fourth-order valence-corrected chi connectivity index (χ4v) is 2.59. The number of phenols is 1. The van der Waals surface area contributed by atoms with Gasteiger partial charge in [-0.2, -0.15) is 0 Å². The molecule has 5 nitrogen and oxygen atoms in total. The van der Waals surface area contributed by atoms with E-state index in [1.54, 1.807) is 12.1 Å². The highest BCUT2D eigenvalue weighted by Gasteiger charge is 2.23. The molecular formula is C10H6Br2N2O3. The van der Waals surface area contributed by atoms with E-state index in [0.29, 0.717) is 10.0 Å². The molecule has 88 valence electrons. The summed E-state index contributed by atoms with van der Waals surface area (Å²) < 4.78 is 1.22. The van der Waals surface area contributed by atoms with E-state index in [0.717, 1.165) is 4.47 Å². The Balaban J connectivity index is 2.46. The number of imide groups is 1. The number of carbonyl (C=O) groups excluding carboxylic acids is 2. The zero-order chi connectivity index (χ0) is 12.6. The lowest BCUT2D eigenvalue weighted by atomic mass is 10.1. The lowest BCUT2D eigenvalue weighted by molar-refractivity contribution is -0.115. The normalized spacial score (nSPS) is 17.2. The molecule has 1 fully saturated rings. The molecule has 0 atom stereocenters. The largest absolute Gasteiger partial charge is 0.506 e. The average molecular weight is 362 g/mol. The van der Waals surface area contributed by atoms with Gasteiger partial charge < -0.3 is 10.4 Å². The summed E-state index contributed by atoms with van der Waals surface area (Å²) in [5, 5.41) is 14.2. The number of phenolic OH excluding ortho intramolecular Hbond substituents is 1. The van der Waals surface area contributed by atoms with E-state index in [1.807, 2.05) is 0 Å². The maximum Gasteiger partial charge on any atom is 0.326 e. The van der Waals surface area contributed by atoms with Crippen molar-refractivity contribution in [1.82, 2.24) is 10.6 Å². The summed E-state index contributed by atoms with van der Waals surface area (Å²) in [6.45, 7) is 0. The third-order valence-electron chi connectivity index (χ3n) is 2.08. The number of halogens is 2. The van der Waals surface area contributed by atoms with E-state index in [9.17, 15) is 14.7 Å². The Hall–Kier alpha value is -1.34. The zero-order valence-electron chi connectivity index (χ0n) is 8.25. The Kier molecular flexibility index (Phi) is 3.21.